The number of ketones is 1. The normalized spacial score (nSPS) is 12.5. The summed E-state index contributed by atoms with van der Waals surface area (Å²) in [4.78, 5) is 10.9. The molecular formula is C9H9Cl2NO. The number of carbonyl (C=O) groups is 1. The van der Waals surface area contributed by atoms with Crippen LogP contribution in [0.4, 0.5) is 5.69 Å². The Bertz CT molecular complexity index is 338. The fourth-order valence-electron chi connectivity index (χ4n) is 0.955. The molecule has 0 spiro atoms. The fourth-order valence-corrected chi connectivity index (χ4v) is 1.21. The number of nitrogen functional groups attached to an aromatic ring is 1. The van der Waals surface area contributed by atoms with E-state index in [1.165, 1.54) is 6.92 Å². The van der Waals surface area contributed by atoms with E-state index >= 15 is 0 Å². The van der Waals surface area contributed by atoms with Crippen molar-refractivity contribution in [2.75, 3.05) is 5.73 Å². The Labute approximate surface area is 86.6 Å². The first kappa shape index (κ1) is 10.4. The largest absolute Gasteiger partial charge is 0.398 e. The van der Waals surface area contributed by atoms with Crippen molar-refractivity contribution in [1.29, 1.82) is 0 Å². The lowest BCUT2D eigenvalue weighted by molar-refractivity contribution is -0.116. The molecule has 1 atom stereocenters. The second kappa shape index (κ2) is 3.99. The van der Waals surface area contributed by atoms with Crippen molar-refractivity contribution in [1.82, 2.24) is 0 Å². The van der Waals surface area contributed by atoms with Gasteiger partial charge in [-0.05, 0) is 24.6 Å². The maximum absolute atomic E-state index is 10.9. The molecular weight excluding hydrogens is 209 g/mol. The zero-order chi connectivity index (χ0) is 10.0. The van der Waals surface area contributed by atoms with Crippen LogP contribution < -0.4 is 5.73 Å². The van der Waals surface area contributed by atoms with E-state index < -0.39 is 5.38 Å². The van der Waals surface area contributed by atoms with Gasteiger partial charge in [0, 0.05) is 0 Å². The van der Waals surface area contributed by atoms with Gasteiger partial charge < -0.3 is 5.73 Å². The van der Waals surface area contributed by atoms with Crippen LogP contribution in [0.5, 0.6) is 0 Å². The Hall–Kier alpha value is -0.730. The highest BCUT2D eigenvalue weighted by molar-refractivity contribution is 6.33. The summed E-state index contributed by atoms with van der Waals surface area (Å²) in [6.45, 7) is 1.43. The molecule has 2 nitrogen and oxygen atoms in total. The van der Waals surface area contributed by atoms with E-state index in [2.05, 4.69) is 0 Å². The van der Waals surface area contributed by atoms with Crippen molar-refractivity contribution in [3.05, 3.63) is 28.8 Å². The van der Waals surface area contributed by atoms with E-state index in [0.717, 1.165) is 0 Å². The minimum Gasteiger partial charge on any atom is -0.398 e. The highest BCUT2D eigenvalue weighted by Gasteiger charge is 2.13. The van der Waals surface area contributed by atoms with Gasteiger partial charge in [0.25, 0.3) is 0 Å². The van der Waals surface area contributed by atoms with Crippen molar-refractivity contribution in [3.63, 3.8) is 0 Å². The standard InChI is InChI=1S/C9H9Cl2NO/c1-5(13)9(11)6-2-3-7(10)8(12)4-6/h2-4,9H,12H2,1H3. The van der Waals surface area contributed by atoms with Crippen LogP contribution in [0.3, 0.4) is 0 Å². The van der Waals surface area contributed by atoms with Gasteiger partial charge in [-0.2, -0.15) is 0 Å². The Morgan fingerprint density at radius 1 is 1.54 bits per heavy atom. The number of hydrogen-bond donors (Lipinski definition) is 1. The smallest absolute Gasteiger partial charge is 0.152 e. The number of halogens is 2. The summed E-state index contributed by atoms with van der Waals surface area (Å²) in [5.41, 5.74) is 6.67. The van der Waals surface area contributed by atoms with Crippen LogP contribution in [-0.4, -0.2) is 5.78 Å². The third kappa shape index (κ3) is 2.36. The van der Waals surface area contributed by atoms with E-state index in [1.807, 2.05) is 0 Å². The molecule has 0 saturated carbocycles. The second-order valence-electron chi connectivity index (χ2n) is 2.75. The number of anilines is 1. The van der Waals surface area contributed by atoms with Gasteiger partial charge in [-0.3, -0.25) is 4.79 Å². The molecule has 0 aromatic heterocycles. The molecule has 0 amide bonds. The molecule has 0 saturated heterocycles. The average Bonchev–Trinajstić information content (AvgIpc) is 2.08. The topological polar surface area (TPSA) is 43.1 Å². The third-order valence-electron chi connectivity index (χ3n) is 1.67. The van der Waals surface area contributed by atoms with E-state index in [0.29, 0.717) is 16.3 Å². The summed E-state index contributed by atoms with van der Waals surface area (Å²) < 4.78 is 0. The molecule has 0 heterocycles. The second-order valence-corrected chi connectivity index (χ2v) is 3.60. The Balaban J connectivity index is 3.03. The molecule has 0 aliphatic heterocycles. The molecule has 0 aliphatic rings. The van der Waals surface area contributed by atoms with E-state index in [-0.39, 0.29) is 5.78 Å². The quantitative estimate of drug-likeness (QED) is 0.612. The number of carbonyl (C=O) groups excluding carboxylic acids is 1. The van der Waals surface area contributed by atoms with Crippen LogP contribution in [-0.2, 0) is 4.79 Å². The molecule has 1 aromatic carbocycles. The minimum absolute atomic E-state index is 0.108. The highest BCUT2D eigenvalue weighted by atomic mass is 35.5. The van der Waals surface area contributed by atoms with Gasteiger partial charge in [-0.15, -0.1) is 11.6 Å². The first-order valence-electron chi connectivity index (χ1n) is 3.72. The zero-order valence-electron chi connectivity index (χ0n) is 7.05. The molecule has 70 valence electrons. The summed E-state index contributed by atoms with van der Waals surface area (Å²) in [7, 11) is 0. The average molecular weight is 218 g/mol. The molecule has 1 aromatic rings. The maximum atomic E-state index is 10.9. The monoisotopic (exact) mass is 217 g/mol. The Morgan fingerprint density at radius 3 is 2.62 bits per heavy atom. The van der Waals surface area contributed by atoms with Crippen molar-refractivity contribution >= 4 is 34.7 Å². The molecule has 0 aliphatic carbocycles. The highest BCUT2D eigenvalue weighted by Crippen LogP contribution is 2.27. The van der Waals surface area contributed by atoms with Crippen molar-refractivity contribution < 1.29 is 4.79 Å². The lowest BCUT2D eigenvalue weighted by atomic mass is 10.1. The van der Waals surface area contributed by atoms with Gasteiger partial charge >= 0.3 is 0 Å². The predicted molar refractivity (Wildman–Crippen MR) is 55.1 cm³/mol. The van der Waals surface area contributed by atoms with Crippen molar-refractivity contribution in [2.45, 2.75) is 12.3 Å². The molecule has 0 fully saturated rings. The summed E-state index contributed by atoms with van der Waals surface area (Å²) in [6, 6.07) is 4.93. The van der Waals surface area contributed by atoms with Crippen LogP contribution in [0.2, 0.25) is 5.02 Å². The van der Waals surface area contributed by atoms with E-state index in [1.54, 1.807) is 18.2 Å². The summed E-state index contributed by atoms with van der Waals surface area (Å²) in [5, 5.41) is -0.171. The zero-order valence-corrected chi connectivity index (χ0v) is 8.56. The van der Waals surface area contributed by atoms with Gasteiger partial charge in [0.15, 0.2) is 5.78 Å². The predicted octanol–water partition coefficient (Wildman–Crippen LogP) is 2.79. The summed E-state index contributed by atoms with van der Waals surface area (Å²) >= 11 is 11.5. The van der Waals surface area contributed by atoms with Crippen molar-refractivity contribution in [2.24, 2.45) is 0 Å². The van der Waals surface area contributed by atoms with E-state index in [9.17, 15) is 4.79 Å². The first-order valence-corrected chi connectivity index (χ1v) is 4.53. The maximum Gasteiger partial charge on any atom is 0.152 e. The first-order chi connectivity index (χ1) is 6.02. The van der Waals surface area contributed by atoms with Crippen LogP contribution >= 0.6 is 23.2 Å². The number of rotatable bonds is 2. The van der Waals surface area contributed by atoms with Crippen LogP contribution in [0, 0.1) is 0 Å². The summed E-state index contributed by atoms with van der Waals surface area (Å²) in [6.07, 6.45) is 0. The number of alkyl halides is 1. The molecule has 0 bridgehead atoms. The van der Waals surface area contributed by atoms with Gasteiger partial charge in [-0.1, -0.05) is 17.7 Å². The fraction of sp³-hybridized carbons (Fsp3) is 0.222. The number of nitrogens with two attached hydrogens (primary N) is 1. The molecule has 4 heteroatoms. The lowest BCUT2D eigenvalue weighted by Gasteiger charge is -2.07. The van der Waals surface area contributed by atoms with Crippen LogP contribution in [0.1, 0.15) is 17.9 Å². The van der Waals surface area contributed by atoms with Gasteiger partial charge in [0.1, 0.15) is 5.38 Å². The lowest BCUT2D eigenvalue weighted by Crippen LogP contribution is -2.02. The Morgan fingerprint density at radius 2 is 2.15 bits per heavy atom. The van der Waals surface area contributed by atoms with Crippen LogP contribution in [0.25, 0.3) is 0 Å². The SMILES string of the molecule is CC(=O)C(Cl)c1ccc(Cl)c(N)c1. The molecule has 0 radical (unpaired) electrons. The van der Waals surface area contributed by atoms with Gasteiger partial charge in [0.05, 0.1) is 10.7 Å². The van der Waals surface area contributed by atoms with E-state index in [4.69, 9.17) is 28.9 Å². The van der Waals surface area contributed by atoms with Gasteiger partial charge in [-0.25, -0.2) is 0 Å². The number of Topliss-reactive ketones (excluding diaryl/α,β-unsaturated/α-hetero) is 1. The summed E-state index contributed by atoms with van der Waals surface area (Å²) in [5.74, 6) is -0.108. The third-order valence-corrected chi connectivity index (χ3v) is 2.57. The minimum atomic E-state index is -0.639. The molecule has 1 unspecified atom stereocenters. The molecule has 13 heavy (non-hydrogen) atoms. The molecule has 1 rings (SSSR count). The molecule has 2 N–H and O–H groups in total. The van der Waals surface area contributed by atoms with Crippen LogP contribution in [0.15, 0.2) is 18.2 Å². The number of hydrogen-bond acceptors (Lipinski definition) is 2. The Kier molecular flexibility index (Phi) is 3.17. The van der Waals surface area contributed by atoms with Gasteiger partial charge in [0.2, 0.25) is 0 Å². The number of benzene rings is 1. The van der Waals surface area contributed by atoms with Crippen molar-refractivity contribution in [3.8, 4) is 0 Å².